The van der Waals surface area contributed by atoms with Crippen molar-refractivity contribution in [1.82, 2.24) is 9.55 Å². The summed E-state index contributed by atoms with van der Waals surface area (Å²) < 4.78 is 6.98. The predicted octanol–water partition coefficient (Wildman–Crippen LogP) is 6.48. The van der Waals surface area contributed by atoms with Crippen molar-refractivity contribution in [3.8, 4) is 11.3 Å². The molecule has 5 rings (SSSR count). The standard InChI is InChI=1S/C35H39N5O4/c1-21-12-17-25(19-28(21)39-33(42)30-11-8-18-44-30)36-31-34(43)40(6)20-29(37-31)26-9-7-10-27(22(26)2)38-32(41)23-13-15-24(16-14-23)35(3,4)5/h7,9-10,12-17,19-20,30H,8,11,18H2,1-6H3,(H,36,37)(H,38,41)(H,39,42). The summed E-state index contributed by atoms with van der Waals surface area (Å²) in [5.74, 6) is -0.246. The number of nitrogens with one attached hydrogen (secondary N) is 3. The largest absolute Gasteiger partial charge is 0.368 e. The highest BCUT2D eigenvalue weighted by molar-refractivity contribution is 6.05. The number of rotatable bonds is 7. The molecular weight excluding hydrogens is 554 g/mol. The molecule has 0 aliphatic carbocycles. The number of hydrogen-bond donors (Lipinski definition) is 3. The van der Waals surface area contributed by atoms with Crippen LogP contribution in [0.2, 0.25) is 0 Å². The molecule has 44 heavy (non-hydrogen) atoms. The van der Waals surface area contributed by atoms with Crippen LogP contribution in [-0.2, 0) is 22.0 Å². The third-order valence-corrected chi connectivity index (χ3v) is 7.92. The molecule has 0 saturated carbocycles. The zero-order valence-corrected chi connectivity index (χ0v) is 26.1. The number of ether oxygens (including phenoxy) is 1. The molecular formula is C35H39N5O4. The molecule has 3 aromatic carbocycles. The topological polar surface area (TPSA) is 114 Å². The molecule has 3 N–H and O–H groups in total. The van der Waals surface area contributed by atoms with Crippen LogP contribution in [0.4, 0.5) is 22.9 Å². The van der Waals surface area contributed by atoms with Crippen LogP contribution < -0.4 is 21.5 Å². The fourth-order valence-corrected chi connectivity index (χ4v) is 5.15. The molecule has 0 radical (unpaired) electrons. The molecule has 1 aliphatic rings. The van der Waals surface area contributed by atoms with Crippen LogP contribution in [0.15, 0.2) is 71.7 Å². The molecule has 228 valence electrons. The molecule has 1 saturated heterocycles. The van der Waals surface area contributed by atoms with E-state index in [1.165, 1.54) is 4.57 Å². The van der Waals surface area contributed by atoms with Crippen molar-refractivity contribution < 1.29 is 14.3 Å². The average Bonchev–Trinajstić information content (AvgIpc) is 3.53. The normalized spacial score (nSPS) is 14.7. The van der Waals surface area contributed by atoms with E-state index < -0.39 is 6.10 Å². The lowest BCUT2D eigenvalue weighted by atomic mass is 9.86. The van der Waals surface area contributed by atoms with Gasteiger partial charge in [-0.2, -0.15) is 0 Å². The third-order valence-electron chi connectivity index (χ3n) is 7.92. The summed E-state index contributed by atoms with van der Waals surface area (Å²) in [4.78, 5) is 43.5. The van der Waals surface area contributed by atoms with E-state index in [1.807, 2.05) is 68.4 Å². The Bertz CT molecular complexity index is 1760. The first kappa shape index (κ1) is 30.7. The molecule has 1 fully saturated rings. The Hall–Kier alpha value is -4.76. The SMILES string of the molecule is Cc1ccc(Nc2nc(-c3cccc(NC(=O)c4ccc(C(C)(C)C)cc4)c3C)cn(C)c2=O)cc1NC(=O)C1CCCO1. The minimum Gasteiger partial charge on any atom is -0.368 e. The van der Waals surface area contributed by atoms with E-state index in [9.17, 15) is 14.4 Å². The van der Waals surface area contributed by atoms with Crippen molar-refractivity contribution in [2.45, 2.75) is 59.0 Å². The van der Waals surface area contributed by atoms with Gasteiger partial charge in [0.05, 0.1) is 5.69 Å². The maximum Gasteiger partial charge on any atom is 0.293 e. The van der Waals surface area contributed by atoms with Gasteiger partial charge in [0.2, 0.25) is 0 Å². The summed E-state index contributed by atoms with van der Waals surface area (Å²) in [6.45, 7) is 10.8. The number of amides is 2. The number of aryl methyl sites for hydroxylation is 2. The third kappa shape index (κ3) is 6.73. The summed E-state index contributed by atoms with van der Waals surface area (Å²) in [7, 11) is 1.67. The van der Waals surface area contributed by atoms with Gasteiger partial charge in [0, 0.05) is 48.0 Å². The van der Waals surface area contributed by atoms with Crippen LogP contribution in [0.5, 0.6) is 0 Å². The van der Waals surface area contributed by atoms with Crippen molar-refractivity contribution in [1.29, 1.82) is 0 Å². The molecule has 0 spiro atoms. The van der Waals surface area contributed by atoms with E-state index in [2.05, 4.69) is 41.7 Å². The van der Waals surface area contributed by atoms with Crippen molar-refractivity contribution in [3.05, 3.63) is 99.5 Å². The highest BCUT2D eigenvalue weighted by Crippen LogP contribution is 2.29. The molecule has 9 heteroatoms. The Morgan fingerprint density at radius 2 is 1.73 bits per heavy atom. The van der Waals surface area contributed by atoms with E-state index >= 15 is 0 Å². The Kier molecular flexibility index (Phi) is 8.69. The van der Waals surface area contributed by atoms with Gasteiger partial charge in [-0.1, -0.05) is 51.1 Å². The second-order valence-electron chi connectivity index (χ2n) is 12.3. The van der Waals surface area contributed by atoms with Crippen LogP contribution in [0, 0.1) is 13.8 Å². The Morgan fingerprint density at radius 1 is 0.977 bits per heavy atom. The van der Waals surface area contributed by atoms with Gasteiger partial charge in [-0.25, -0.2) is 4.98 Å². The van der Waals surface area contributed by atoms with Crippen LogP contribution >= 0.6 is 0 Å². The van der Waals surface area contributed by atoms with E-state index in [1.54, 1.807) is 19.3 Å². The molecule has 2 heterocycles. The van der Waals surface area contributed by atoms with E-state index in [-0.39, 0.29) is 28.6 Å². The zero-order chi connectivity index (χ0) is 31.6. The molecule has 1 aromatic heterocycles. The number of aromatic nitrogens is 2. The number of carbonyl (C=O) groups is 2. The molecule has 2 amide bonds. The molecule has 4 aromatic rings. The fourth-order valence-electron chi connectivity index (χ4n) is 5.15. The zero-order valence-electron chi connectivity index (χ0n) is 26.1. The second-order valence-corrected chi connectivity index (χ2v) is 12.3. The molecule has 1 unspecified atom stereocenters. The first-order valence-electron chi connectivity index (χ1n) is 14.8. The van der Waals surface area contributed by atoms with Crippen LogP contribution in [0.1, 0.15) is 60.7 Å². The summed E-state index contributed by atoms with van der Waals surface area (Å²) in [6.07, 6.45) is 2.79. The van der Waals surface area contributed by atoms with E-state index in [0.717, 1.165) is 28.7 Å². The lowest BCUT2D eigenvalue weighted by Gasteiger charge is -2.19. The lowest BCUT2D eigenvalue weighted by Crippen LogP contribution is -2.27. The summed E-state index contributed by atoms with van der Waals surface area (Å²) in [5, 5.41) is 9.12. The number of carbonyl (C=O) groups excluding carboxylic acids is 2. The number of anilines is 4. The Labute approximate surface area is 257 Å². The number of hydrogen-bond acceptors (Lipinski definition) is 6. The number of benzene rings is 3. The highest BCUT2D eigenvalue weighted by Gasteiger charge is 2.24. The molecule has 1 atom stereocenters. The van der Waals surface area contributed by atoms with Crippen molar-refractivity contribution in [2.75, 3.05) is 22.6 Å². The molecule has 1 aliphatic heterocycles. The summed E-state index contributed by atoms with van der Waals surface area (Å²) in [6, 6.07) is 18.7. The fraction of sp³-hybridized carbons (Fsp3) is 0.314. The molecule has 9 nitrogen and oxygen atoms in total. The van der Waals surface area contributed by atoms with Gasteiger partial charge in [-0.3, -0.25) is 14.4 Å². The Morgan fingerprint density at radius 3 is 2.41 bits per heavy atom. The van der Waals surface area contributed by atoms with Crippen molar-refractivity contribution >= 4 is 34.7 Å². The highest BCUT2D eigenvalue weighted by atomic mass is 16.5. The van der Waals surface area contributed by atoms with Gasteiger partial charge in [-0.05, 0) is 79.1 Å². The van der Waals surface area contributed by atoms with Crippen LogP contribution in [-0.4, -0.2) is 34.1 Å². The van der Waals surface area contributed by atoms with Gasteiger partial charge in [0.15, 0.2) is 5.82 Å². The smallest absolute Gasteiger partial charge is 0.293 e. The van der Waals surface area contributed by atoms with Gasteiger partial charge in [-0.15, -0.1) is 0 Å². The van der Waals surface area contributed by atoms with E-state index in [0.29, 0.717) is 41.3 Å². The average molecular weight is 594 g/mol. The van der Waals surface area contributed by atoms with E-state index in [4.69, 9.17) is 4.74 Å². The van der Waals surface area contributed by atoms with Gasteiger partial charge in [0.25, 0.3) is 17.4 Å². The number of nitrogens with zero attached hydrogens (tertiary/aromatic N) is 2. The van der Waals surface area contributed by atoms with Crippen LogP contribution in [0.25, 0.3) is 11.3 Å². The minimum absolute atomic E-state index is 0.00146. The lowest BCUT2D eigenvalue weighted by molar-refractivity contribution is -0.124. The summed E-state index contributed by atoms with van der Waals surface area (Å²) in [5.41, 5.74) is 6.36. The first-order chi connectivity index (χ1) is 20.9. The quantitative estimate of drug-likeness (QED) is 0.226. The summed E-state index contributed by atoms with van der Waals surface area (Å²) >= 11 is 0. The van der Waals surface area contributed by atoms with Crippen molar-refractivity contribution in [3.63, 3.8) is 0 Å². The minimum atomic E-state index is -0.450. The van der Waals surface area contributed by atoms with Crippen molar-refractivity contribution in [2.24, 2.45) is 7.05 Å². The van der Waals surface area contributed by atoms with Gasteiger partial charge in [0.1, 0.15) is 6.10 Å². The maximum atomic E-state index is 13.1. The van der Waals surface area contributed by atoms with Crippen LogP contribution in [0.3, 0.4) is 0 Å². The monoisotopic (exact) mass is 593 g/mol. The maximum absolute atomic E-state index is 13.1. The van der Waals surface area contributed by atoms with Gasteiger partial charge < -0.3 is 25.3 Å². The Balaban J connectivity index is 1.38. The van der Waals surface area contributed by atoms with Gasteiger partial charge >= 0.3 is 0 Å². The molecule has 0 bridgehead atoms. The second kappa shape index (κ2) is 12.5. The first-order valence-corrected chi connectivity index (χ1v) is 14.8. The predicted molar refractivity (Wildman–Crippen MR) is 175 cm³/mol.